The number of allylic oxidation sites excluding steroid dienone is 2. The van der Waals surface area contributed by atoms with Crippen molar-refractivity contribution in [1.29, 1.82) is 0 Å². The minimum atomic E-state index is -0.186. The molecule has 0 unspecified atom stereocenters. The molecule has 0 fully saturated rings. The van der Waals surface area contributed by atoms with Crippen molar-refractivity contribution >= 4 is 17.8 Å². The number of imidazole rings is 1. The summed E-state index contributed by atoms with van der Waals surface area (Å²) in [5, 5.41) is 0. The van der Waals surface area contributed by atoms with Crippen molar-refractivity contribution in [1.82, 2.24) is 9.97 Å². The van der Waals surface area contributed by atoms with Gasteiger partial charge in [-0.05, 0) is 60.7 Å². The van der Waals surface area contributed by atoms with Gasteiger partial charge in [0.05, 0.1) is 0 Å². The van der Waals surface area contributed by atoms with E-state index in [4.69, 9.17) is 12.2 Å². The van der Waals surface area contributed by atoms with Crippen LogP contribution in [-0.4, -0.2) is 9.97 Å². The largest absolute Gasteiger partial charge is 0.337 e. The van der Waals surface area contributed by atoms with Crippen LogP contribution in [0, 0.1) is 16.5 Å². The zero-order valence-corrected chi connectivity index (χ0v) is 11.3. The molecule has 2 N–H and O–H groups in total. The van der Waals surface area contributed by atoms with Crippen LogP contribution in [0.3, 0.4) is 0 Å². The zero-order chi connectivity index (χ0) is 13.2. The van der Waals surface area contributed by atoms with Crippen molar-refractivity contribution in [3.05, 3.63) is 58.4 Å². The van der Waals surface area contributed by atoms with Gasteiger partial charge < -0.3 is 9.97 Å². The Morgan fingerprint density at radius 1 is 1.26 bits per heavy atom. The fourth-order valence-electron chi connectivity index (χ4n) is 2.72. The predicted octanol–water partition coefficient (Wildman–Crippen LogP) is 4.25. The molecular weight excluding hydrogens is 259 g/mol. The zero-order valence-electron chi connectivity index (χ0n) is 10.4. The molecule has 1 aromatic carbocycles. The molecule has 1 aliphatic carbocycles. The van der Waals surface area contributed by atoms with Crippen molar-refractivity contribution in [3.63, 3.8) is 0 Å². The van der Waals surface area contributed by atoms with Gasteiger partial charge in [0.2, 0.25) is 0 Å². The van der Waals surface area contributed by atoms with Crippen LogP contribution in [0.5, 0.6) is 0 Å². The molecule has 0 spiro atoms. The number of rotatable bonds is 3. The highest BCUT2D eigenvalue weighted by atomic mass is 32.1. The molecule has 0 radical (unpaired) electrons. The summed E-state index contributed by atoms with van der Waals surface area (Å²) in [4.78, 5) is 6.15. The molecule has 3 rings (SSSR count). The van der Waals surface area contributed by atoms with Gasteiger partial charge in [-0.3, -0.25) is 0 Å². The van der Waals surface area contributed by atoms with Gasteiger partial charge in [-0.1, -0.05) is 18.2 Å². The van der Waals surface area contributed by atoms with Crippen molar-refractivity contribution in [3.8, 4) is 0 Å². The maximum atomic E-state index is 13.0. The lowest BCUT2D eigenvalue weighted by Crippen LogP contribution is -2.03. The van der Waals surface area contributed by atoms with E-state index in [9.17, 15) is 4.39 Å². The van der Waals surface area contributed by atoms with Crippen LogP contribution < -0.4 is 0 Å². The number of H-pyrrole nitrogens is 2. The molecule has 2 aromatic rings. The smallest absolute Gasteiger partial charge is 0.174 e. The summed E-state index contributed by atoms with van der Waals surface area (Å²) in [5.74, 6) is 0.292. The average molecular weight is 274 g/mol. The van der Waals surface area contributed by atoms with E-state index in [2.05, 4.69) is 16.0 Å². The summed E-state index contributed by atoms with van der Waals surface area (Å²) in [6, 6.07) is 6.77. The quantitative estimate of drug-likeness (QED) is 0.806. The van der Waals surface area contributed by atoms with Crippen molar-refractivity contribution in [2.75, 3.05) is 0 Å². The Balaban J connectivity index is 1.81. The second-order valence-corrected chi connectivity index (χ2v) is 5.32. The van der Waals surface area contributed by atoms with E-state index in [0.29, 0.717) is 10.7 Å². The van der Waals surface area contributed by atoms with E-state index < -0.39 is 0 Å². The van der Waals surface area contributed by atoms with Crippen LogP contribution in [0.15, 0.2) is 36.5 Å². The van der Waals surface area contributed by atoms with Gasteiger partial charge in [0.15, 0.2) is 4.77 Å². The van der Waals surface area contributed by atoms with Crippen LogP contribution in [-0.2, 0) is 6.42 Å². The summed E-state index contributed by atoms with van der Waals surface area (Å²) < 4.78 is 13.6. The third-order valence-corrected chi connectivity index (χ3v) is 3.83. The standard InChI is InChI=1S/C15H15FN2S/c16-12-6-4-10(5-7-12)14-3-1-2-11(14)8-13-9-17-15(19)18-13/h3-7,9,11H,1-2,8H2,(H2,17,18,19)/t11-/m0/s1. The van der Waals surface area contributed by atoms with Gasteiger partial charge in [0, 0.05) is 11.9 Å². The monoisotopic (exact) mass is 274 g/mol. The normalized spacial score (nSPS) is 18.6. The summed E-state index contributed by atoms with van der Waals surface area (Å²) in [6.07, 6.45) is 7.36. The van der Waals surface area contributed by atoms with Crippen molar-refractivity contribution < 1.29 is 4.39 Å². The predicted molar refractivity (Wildman–Crippen MR) is 76.8 cm³/mol. The first kappa shape index (κ1) is 12.4. The number of aromatic amines is 2. The number of hydrogen-bond donors (Lipinski definition) is 2. The Morgan fingerprint density at radius 3 is 2.74 bits per heavy atom. The number of benzene rings is 1. The summed E-state index contributed by atoms with van der Waals surface area (Å²) in [6.45, 7) is 0. The second-order valence-electron chi connectivity index (χ2n) is 4.91. The van der Waals surface area contributed by atoms with Gasteiger partial charge >= 0.3 is 0 Å². The lowest BCUT2D eigenvalue weighted by atomic mass is 9.91. The minimum Gasteiger partial charge on any atom is -0.337 e. The number of nitrogens with one attached hydrogen (secondary N) is 2. The number of halogens is 1. The van der Waals surface area contributed by atoms with E-state index in [1.807, 2.05) is 18.3 Å². The highest BCUT2D eigenvalue weighted by Gasteiger charge is 2.21. The average Bonchev–Trinajstić information content (AvgIpc) is 3.00. The van der Waals surface area contributed by atoms with Gasteiger partial charge in [0.1, 0.15) is 5.82 Å². The summed E-state index contributed by atoms with van der Waals surface area (Å²) in [5.41, 5.74) is 3.57. The van der Waals surface area contributed by atoms with Gasteiger partial charge in [0.25, 0.3) is 0 Å². The Bertz CT molecular complexity index is 651. The van der Waals surface area contributed by atoms with Crippen LogP contribution in [0.4, 0.5) is 4.39 Å². The Kier molecular flexibility index (Phi) is 3.34. The van der Waals surface area contributed by atoms with Gasteiger partial charge in [-0.25, -0.2) is 4.39 Å². The third kappa shape index (κ3) is 2.68. The molecule has 0 bridgehead atoms. The van der Waals surface area contributed by atoms with Crippen molar-refractivity contribution in [2.24, 2.45) is 5.92 Å². The van der Waals surface area contributed by atoms with E-state index in [-0.39, 0.29) is 5.82 Å². The highest BCUT2D eigenvalue weighted by molar-refractivity contribution is 7.71. The molecule has 1 heterocycles. The molecule has 0 amide bonds. The first-order valence-electron chi connectivity index (χ1n) is 6.45. The molecule has 1 aliphatic rings. The molecule has 4 heteroatoms. The van der Waals surface area contributed by atoms with E-state index in [1.165, 1.54) is 17.7 Å². The van der Waals surface area contributed by atoms with E-state index in [0.717, 1.165) is 30.5 Å². The molecule has 2 nitrogen and oxygen atoms in total. The molecule has 98 valence electrons. The molecule has 1 atom stereocenters. The third-order valence-electron chi connectivity index (χ3n) is 3.61. The molecule has 0 saturated heterocycles. The Hall–Kier alpha value is -1.68. The molecule has 0 aliphatic heterocycles. The van der Waals surface area contributed by atoms with Crippen LogP contribution in [0.2, 0.25) is 0 Å². The molecule has 19 heavy (non-hydrogen) atoms. The van der Waals surface area contributed by atoms with E-state index >= 15 is 0 Å². The lowest BCUT2D eigenvalue weighted by molar-refractivity contribution is 0.625. The molecule has 0 saturated carbocycles. The van der Waals surface area contributed by atoms with Crippen LogP contribution in [0.25, 0.3) is 5.57 Å². The van der Waals surface area contributed by atoms with Crippen LogP contribution >= 0.6 is 12.2 Å². The van der Waals surface area contributed by atoms with Crippen LogP contribution in [0.1, 0.15) is 24.1 Å². The second kappa shape index (κ2) is 5.13. The first-order valence-corrected chi connectivity index (χ1v) is 6.86. The van der Waals surface area contributed by atoms with Gasteiger partial charge in [-0.15, -0.1) is 0 Å². The lowest BCUT2D eigenvalue weighted by Gasteiger charge is -2.14. The maximum Gasteiger partial charge on any atom is 0.174 e. The fourth-order valence-corrected chi connectivity index (χ4v) is 2.91. The van der Waals surface area contributed by atoms with Gasteiger partial charge in [-0.2, -0.15) is 0 Å². The van der Waals surface area contributed by atoms with Crippen molar-refractivity contribution in [2.45, 2.75) is 19.3 Å². The molecular formula is C15H15FN2S. The Morgan fingerprint density at radius 2 is 2.05 bits per heavy atom. The molecule has 1 aromatic heterocycles. The summed E-state index contributed by atoms with van der Waals surface area (Å²) >= 11 is 5.04. The first-order chi connectivity index (χ1) is 9.22. The van der Waals surface area contributed by atoms with E-state index in [1.54, 1.807) is 0 Å². The Labute approximate surface area is 116 Å². The topological polar surface area (TPSA) is 31.6 Å². The maximum absolute atomic E-state index is 13.0. The fraction of sp³-hybridized carbons (Fsp3) is 0.267. The minimum absolute atomic E-state index is 0.186. The highest BCUT2D eigenvalue weighted by Crippen LogP contribution is 2.35. The number of hydrogen-bond acceptors (Lipinski definition) is 1. The summed E-state index contributed by atoms with van der Waals surface area (Å²) in [7, 11) is 0. The number of aromatic nitrogens is 2. The SMILES string of the molecule is Fc1ccc(C2=CCC[C@H]2Cc2c[nH]c(=S)[nH]2)cc1.